The van der Waals surface area contributed by atoms with Gasteiger partial charge in [-0.05, 0) is 26.0 Å². The average Bonchev–Trinajstić information content (AvgIpc) is 2.06. The zero-order valence-corrected chi connectivity index (χ0v) is 11.3. The molecule has 62 valence electrons. The third-order valence-corrected chi connectivity index (χ3v) is 1.88. The van der Waals surface area contributed by atoms with Gasteiger partial charge in [-0.3, -0.25) is 0 Å². The van der Waals surface area contributed by atoms with E-state index in [1.807, 2.05) is 13.1 Å². The van der Waals surface area contributed by atoms with Gasteiger partial charge in [0, 0.05) is 6.04 Å². The molecule has 0 aromatic heterocycles. The van der Waals surface area contributed by atoms with E-state index in [1.165, 1.54) is 5.56 Å². The van der Waals surface area contributed by atoms with Gasteiger partial charge in [-0.1, -0.05) is 30.3 Å². The van der Waals surface area contributed by atoms with Crippen molar-refractivity contribution in [2.75, 3.05) is 7.05 Å². The molecule has 0 radical (unpaired) electrons. The summed E-state index contributed by atoms with van der Waals surface area (Å²) in [4.78, 5) is 0. The van der Waals surface area contributed by atoms with E-state index in [0.717, 1.165) is 6.42 Å². The minimum absolute atomic E-state index is 0. The SMILES string of the molecule is CNC(C)Cc1ccccc1.[H-].[K+]. The van der Waals surface area contributed by atoms with Crippen LogP contribution in [0.2, 0.25) is 0 Å². The fourth-order valence-corrected chi connectivity index (χ4v) is 1.07. The minimum Gasteiger partial charge on any atom is -1.00 e. The van der Waals surface area contributed by atoms with E-state index in [9.17, 15) is 0 Å². The molecule has 1 atom stereocenters. The van der Waals surface area contributed by atoms with E-state index in [4.69, 9.17) is 0 Å². The number of benzene rings is 1. The van der Waals surface area contributed by atoms with E-state index in [0.29, 0.717) is 6.04 Å². The second-order valence-corrected chi connectivity index (χ2v) is 2.88. The van der Waals surface area contributed by atoms with Gasteiger partial charge in [-0.25, -0.2) is 0 Å². The van der Waals surface area contributed by atoms with Crippen molar-refractivity contribution in [1.82, 2.24) is 5.32 Å². The van der Waals surface area contributed by atoms with Crippen molar-refractivity contribution < 1.29 is 52.8 Å². The van der Waals surface area contributed by atoms with Crippen LogP contribution in [0.5, 0.6) is 0 Å². The number of likely N-dealkylation sites (N-methyl/N-ethyl adjacent to an activating group) is 1. The average molecular weight is 189 g/mol. The molecule has 1 aromatic carbocycles. The molecule has 0 spiro atoms. The largest absolute Gasteiger partial charge is 1.00 e. The van der Waals surface area contributed by atoms with Gasteiger partial charge in [0.1, 0.15) is 0 Å². The molecule has 0 saturated heterocycles. The van der Waals surface area contributed by atoms with Crippen LogP contribution in [0.4, 0.5) is 0 Å². The molecule has 0 aliphatic rings. The predicted octanol–water partition coefficient (Wildman–Crippen LogP) is -1.05. The normalized spacial score (nSPS) is 11.8. The van der Waals surface area contributed by atoms with Crippen LogP contribution in [-0.2, 0) is 6.42 Å². The van der Waals surface area contributed by atoms with Crippen LogP contribution in [-0.4, -0.2) is 13.1 Å². The summed E-state index contributed by atoms with van der Waals surface area (Å²) in [6.07, 6.45) is 1.11. The Bertz CT molecular complexity index is 203. The van der Waals surface area contributed by atoms with Crippen molar-refractivity contribution in [3.63, 3.8) is 0 Å². The Hall–Kier alpha value is 0.816. The zero-order valence-electron chi connectivity index (χ0n) is 9.17. The number of nitrogens with one attached hydrogen (secondary N) is 1. The summed E-state index contributed by atoms with van der Waals surface area (Å²) in [6, 6.07) is 11.1. The standard InChI is InChI=1S/C10H15N.K.H/c1-9(11-2)8-10-6-4-3-5-7-10;;/h3-7,9,11H,8H2,1-2H3;;/q;+1;-1. The molecule has 0 aliphatic carbocycles. The fourth-order valence-electron chi connectivity index (χ4n) is 1.07. The summed E-state index contributed by atoms with van der Waals surface area (Å²) in [5.74, 6) is 0. The minimum atomic E-state index is 0. The van der Waals surface area contributed by atoms with Gasteiger partial charge >= 0.3 is 51.4 Å². The van der Waals surface area contributed by atoms with Crippen LogP contribution < -0.4 is 56.7 Å². The first-order valence-corrected chi connectivity index (χ1v) is 4.04. The Morgan fingerprint density at radius 2 is 1.92 bits per heavy atom. The van der Waals surface area contributed by atoms with Gasteiger partial charge in [0.15, 0.2) is 0 Å². The molecule has 0 fully saturated rings. The molecular formula is C10H16KN. The third kappa shape index (κ3) is 4.75. The van der Waals surface area contributed by atoms with Crippen molar-refractivity contribution in [3.05, 3.63) is 35.9 Å². The van der Waals surface area contributed by atoms with Crippen LogP contribution in [0.1, 0.15) is 13.9 Å². The van der Waals surface area contributed by atoms with Crippen molar-refractivity contribution in [2.24, 2.45) is 0 Å². The molecular weight excluding hydrogens is 173 g/mol. The first-order chi connectivity index (χ1) is 5.33. The molecule has 1 rings (SSSR count). The third-order valence-electron chi connectivity index (χ3n) is 1.88. The van der Waals surface area contributed by atoms with Crippen LogP contribution in [0.15, 0.2) is 30.3 Å². The molecule has 0 heterocycles. The molecule has 0 bridgehead atoms. The Morgan fingerprint density at radius 1 is 1.33 bits per heavy atom. The van der Waals surface area contributed by atoms with Crippen LogP contribution in [0.3, 0.4) is 0 Å². The summed E-state index contributed by atoms with van der Waals surface area (Å²) in [5.41, 5.74) is 1.40. The van der Waals surface area contributed by atoms with Gasteiger partial charge in [0.05, 0.1) is 0 Å². The maximum Gasteiger partial charge on any atom is 1.00 e. The Morgan fingerprint density at radius 3 is 2.42 bits per heavy atom. The monoisotopic (exact) mass is 189 g/mol. The first kappa shape index (κ1) is 12.8. The molecule has 1 nitrogen and oxygen atoms in total. The van der Waals surface area contributed by atoms with Crippen LogP contribution in [0, 0.1) is 0 Å². The quantitative estimate of drug-likeness (QED) is 0.599. The van der Waals surface area contributed by atoms with Crippen molar-refractivity contribution in [3.8, 4) is 0 Å². The van der Waals surface area contributed by atoms with Gasteiger partial charge in [-0.15, -0.1) is 0 Å². The topological polar surface area (TPSA) is 12.0 Å². The Kier molecular flexibility index (Phi) is 7.73. The summed E-state index contributed by atoms with van der Waals surface area (Å²) in [7, 11) is 1.99. The molecule has 0 aliphatic heterocycles. The fraction of sp³-hybridized carbons (Fsp3) is 0.400. The number of rotatable bonds is 3. The van der Waals surface area contributed by atoms with E-state index in [1.54, 1.807) is 0 Å². The summed E-state index contributed by atoms with van der Waals surface area (Å²) >= 11 is 0. The maximum atomic E-state index is 3.21. The molecule has 0 saturated carbocycles. The molecule has 1 aromatic rings. The molecule has 1 unspecified atom stereocenters. The molecule has 2 heteroatoms. The second kappa shape index (κ2) is 7.24. The predicted molar refractivity (Wildman–Crippen MR) is 49.8 cm³/mol. The smallest absolute Gasteiger partial charge is 1.00 e. The van der Waals surface area contributed by atoms with Gasteiger partial charge in [0.2, 0.25) is 0 Å². The van der Waals surface area contributed by atoms with E-state index < -0.39 is 0 Å². The Balaban J connectivity index is 0. The maximum absolute atomic E-state index is 3.21. The van der Waals surface area contributed by atoms with Crippen molar-refractivity contribution in [1.29, 1.82) is 0 Å². The molecule has 1 N–H and O–H groups in total. The van der Waals surface area contributed by atoms with Crippen LogP contribution in [0.25, 0.3) is 0 Å². The van der Waals surface area contributed by atoms with E-state index in [2.05, 4.69) is 36.5 Å². The van der Waals surface area contributed by atoms with Gasteiger partial charge in [-0.2, -0.15) is 0 Å². The summed E-state index contributed by atoms with van der Waals surface area (Å²) in [6.45, 7) is 2.19. The molecule has 0 amide bonds. The number of hydrogen-bond acceptors (Lipinski definition) is 1. The Labute approximate surface area is 119 Å². The number of hydrogen-bond donors (Lipinski definition) is 1. The zero-order chi connectivity index (χ0) is 8.10. The van der Waals surface area contributed by atoms with E-state index in [-0.39, 0.29) is 52.8 Å². The second-order valence-electron chi connectivity index (χ2n) is 2.88. The first-order valence-electron chi connectivity index (χ1n) is 4.04. The summed E-state index contributed by atoms with van der Waals surface area (Å²) < 4.78 is 0. The van der Waals surface area contributed by atoms with Crippen molar-refractivity contribution in [2.45, 2.75) is 19.4 Å². The summed E-state index contributed by atoms with van der Waals surface area (Å²) in [5, 5.41) is 3.21. The van der Waals surface area contributed by atoms with Crippen molar-refractivity contribution >= 4 is 0 Å². The van der Waals surface area contributed by atoms with Gasteiger partial charge in [0.25, 0.3) is 0 Å². The molecule has 12 heavy (non-hydrogen) atoms. The van der Waals surface area contributed by atoms with E-state index >= 15 is 0 Å². The van der Waals surface area contributed by atoms with Gasteiger partial charge < -0.3 is 6.74 Å². The van der Waals surface area contributed by atoms with Crippen LogP contribution >= 0.6 is 0 Å².